The lowest BCUT2D eigenvalue weighted by atomic mass is 10.0. The molecule has 0 atom stereocenters. The molecule has 0 aliphatic heterocycles. The van der Waals surface area contributed by atoms with Gasteiger partial charge in [-0.2, -0.15) is 5.26 Å². The Kier molecular flexibility index (Phi) is 3.34. The number of nitrogen functional groups attached to an aromatic ring is 1. The Labute approximate surface area is 111 Å². The summed E-state index contributed by atoms with van der Waals surface area (Å²) < 4.78 is 15.8. The molecule has 1 heterocycles. The van der Waals surface area contributed by atoms with Crippen LogP contribution in [0.4, 0.5) is 5.88 Å². The summed E-state index contributed by atoms with van der Waals surface area (Å²) in [7, 11) is 3.14. The van der Waals surface area contributed by atoms with Crippen LogP contribution in [-0.4, -0.2) is 14.2 Å². The van der Waals surface area contributed by atoms with Gasteiger partial charge in [0, 0.05) is 11.1 Å². The van der Waals surface area contributed by atoms with Gasteiger partial charge in [0.1, 0.15) is 28.9 Å². The maximum Gasteiger partial charge on any atom is 0.209 e. The smallest absolute Gasteiger partial charge is 0.209 e. The predicted octanol–water partition coefficient (Wildman–Crippen LogP) is 2.73. The summed E-state index contributed by atoms with van der Waals surface area (Å²) in [4.78, 5) is 0. The fourth-order valence-corrected chi connectivity index (χ4v) is 2.01. The standard InChI is InChI=1S/C14H14N2O3/c1-8-13(11(7-15)14(16)19-8)10-6-9(17-2)4-5-12(10)18-3/h4-6H,16H2,1-3H3. The number of ether oxygens (including phenoxy) is 2. The molecule has 5 nitrogen and oxygen atoms in total. The van der Waals surface area contributed by atoms with Gasteiger partial charge in [0.2, 0.25) is 5.88 Å². The van der Waals surface area contributed by atoms with Gasteiger partial charge in [-0.15, -0.1) is 0 Å². The van der Waals surface area contributed by atoms with E-state index in [1.54, 1.807) is 39.3 Å². The fraction of sp³-hybridized carbons (Fsp3) is 0.214. The van der Waals surface area contributed by atoms with Crippen LogP contribution in [0.2, 0.25) is 0 Å². The van der Waals surface area contributed by atoms with Crippen LogP contribution in [-0.2, 0) is 0 Å². The van der Waals surface area contributed by atoms with Gasteiger partial charge in [-0.05, 0) is 25.1 Å². The van der Waals surface area contributed by atoms with Crippen molar-refractivity contribution in [2.24, 2.45) is 0 Å². The van der Waals surface area contributed by atoms with Gasteiger partial charge in [0.15, 0.2) is 0 Å². The SMILES string of the molecule is COc1ccc(OC)c(-c2c(C)oc(N)c2C#N)c1. The zero-order chi connectivity index (χ0) is 14.0. The van der Waals surface area contributed by atoms with Crippen molar-refractivity contribution in [2.75, 3.05) is 20.0 Å². The van der Waals surface area contributed by atoms with E-state index in [0.29, 0.717) is 28.4 Å². The Hall–Kier alpha value is -2.61. The van der Waals surface area contributed by atoms with Crippen molar-refractivity contribution in [1.29, 1.82) is 5.26 Å². The van der Waals surface area contributed by atoms with Gasteiger partial charge in [-0.25, -0.2) is 0 Å². The van der Waals surface area contributed by atoms with Gasteiger partial charge >= 0.3 is 0 Å². The van der Waals surface area contributed by atoms with Gasteiger partial charge in [0.05, 0.1) is 14.2 Å². The highest BCUT2D eigenvalue weighted by atomic mass is 16.5. The first-order valence-corrected chi connectivity index (χ1v) is 5.63. The first kappa shape index (κ1) is 12.8. The second-order valence-electron chi connectivity index (χ2n) is 3.95. The number of rotatable bonds is 3. The summed E-state index contributed by atoms with van der Waals surface area (Å²) in [5.41, 5.74) is 7.35. The fourth-order valence-electron chi connectivity index (χ4n) is 2.01. The highest BCUT2D eigenvalue weighted by Crippen LogP contribution is 2.40. The number of nitriles is 1. The van der Waals surface area contributed by atoms with E-state index in [2.05, 4.69) is 6.07 Å². The maximum atomic E-state index is 9.20. The molecule has 2 aromatic rings. The number of nitrogens with zero attached hydrogens (tertiary/aromatic N) is 1. The van der Waals surface area contributed by atoms with Crippen molar-refractivity contribution in [3.8, 4) is 28.7 Å². The monoisotopic (exact) mass is 258 g/mol. The molecule has 0 amide bonds. The Morgan fingerprint density at radius 2 is 2.00 bits per heavy atom. The van der Waals surface area contributed by atoms with E-state index in [0.717, 1.165) is 5.56 Å². The number of nitrogens with two attached hydrogens (primary N) is 1. The van der Waals surface area contributed by atoms with Crippen molar-refractivity contribution in [2.45, 2.75) is 6.92 Å². The Bertz CT molecular complexity index is 653. The zero-order valence-electron chi connectivity index (χ0n) is 11.0. The van der Waals surface area contributed by atoms with E-state index in [1.807, 2.05) is 0 Å². The van der Waals surface area contributed by atoms with Crippen LogP contribution in [0.25, 0.3) is 11.1 Å². The molecule has 0 unspecified atom stereocenters. The summed E-state index contributed by atoms with van der Waals surface area (Å²) in [6, 6.07) is 7.41. The Morgan fingerprint density at radius 3 is 2.58 bits per heavy atom. The van der Waals surface area contributed by atoms with Gasteiger partial charge in [-0.1, -0.05) is 0 Å². The van der Waals surface area contributed by atoms with E-state index in [-0.39, 0.29) is 5.88 Å². The van der Waals surface area contributed by atoms with E-state index in [4.69, 9.17) is 19.6 Å². The average Bonchev–Trinajstić information content (AvgIpc) is 2.71. The van der Waals surface area contributed by atoms with Crippen LogP contribution in [0.1, 0.15) is 11.3 Å². The van der Waals surface area contributed by atoms with E-state index < -0.39 is 0 Å². The van der Waals surface area contributed by atoms with E-state index in [9.17, 15) is 5.26 Å². The number of methoxy groups -OCH3 is 2. The van der Waals surface area contributed by atoms with Crippen LogP contribution in [0.5, 0.6) is 11.5 Å². The second-order valence-corrected chi connectivity index (χ2v) is 3.95. The molecule has 1 aromatic heterocycles. The van der Waals surface area contributed by atoms with Gasteiger partial charge in [-0.3, -0.25) is 0 Å². The lowest BCUT2D eigenvalue weighted by Gasteiger charge is -2.10. The molecule has 1 aromatic carbocycles. The summed E-state index contributed by atoms with van der Waals surface area (Å²) in [6.45, 7) is 1.76. The van der Waals surface area contributed by atoms with Crippen molar-refractivity contribution < 1.29 is 13.9 Å². The summed E-state index contributed by atoms with van der Waals surface area (Å²) in [5.74, 6) is 1.97. The van der Waals surface area contributed by atoms with Crippen molar-refractivity contribution in [3.63, 3.8) is 0 Å². The molecular weight excluding hydrogens is 244 g/mol. The minimum atomic E-state index is 0.111. The van der Waals surface area contributed by atoms with Crippen LogP contribution >= 0.6 is 0 Å². The number of hydrogen-bond acceptors (Lipinski definition) is 5. The molecule has 0 aliphatic rings. The van der Waals surface area contributed by atoms with Crippen molar-refractivity contribution in [3.05, 3.63) is 29.5 Å². The third-order valence-electron chi connectivity index (χ3n) is 2.90. The molecule has 0 saturated heterocycles. The number of benzene rings is 1. The topological polar surface area (TPSA) is 81.4 Å². The molecule has 2 N–H and O–H groups in total. The minimum absolute atomic E-state index is 0.111. The molecule has 0 aliphatic carbocycles. The third-order valence-corrected chi connectivity index (χ3v) is 2.90. The predicted molar refractivity (Wildman–Crippen MR) is 71.1 cm³/mol. The molecular formula is C14H14N2O3. The molecule has 0 saturated carbocycles. The highest BCUT2D eigenvalue weighted by molar-refractivity contribution is 5.81. The number of aryl methyl sites for hydroxylation is 1. The molecule has 0 radical (unpaired) electrons. The minimum Gasteiger partial charge on any atom is -0.497 e. The van der Waals surface area contributed by atoms with Gasteiger partial charge in [0.25, 0.3) is 0 Å². The molecule has 0 fully saturated rings. The van der Waals surface area contributed by atoms with E-state index >= 15 is 0 Å². The lowest BCUT2D eigenvalue weighted by Crippen LogP contribution is -1.92. The first-order chi connectivity index (χ1) is 9.12. The summed E-state index contributed by atoms with van der Waals surface area (Å²) in [5, 5.41) is 9.20. The van der Waals surface area contributed by atoms with Crippen molar-refractivity contribution in [1.82, 2.24) is 0 Å². The molecule has 0 spiro atoms. The lowest BCUT2D eigenvalue weighted by molar-refractivity contribution is 0.404. The van der Waals surface area contributed by atoms with Crippen molar-refractivity contribution >= 4 is 5.88 Å². The van der Waals surface area contributed by atoms with Crippen LogP contribution in [0.3, 0.4) is 0 Å². The molecule has 2 rings (SSSR count). The second kappa shape index (κ2) is 4.94. The van der Waals surface area contributed by atoms with Crippen LogP contribution in [0.15, 0.2) is 22.6 Å². The third kappa shape index (κ3) is 2.08. The van der Waals surface area contributed by atoms with Gasteiger partial charge < -0.3 is 19.6 Å². The molecule has 19 heavy (non-hydrogen) atoms. The summed E-state index contributed by atoms with van der Waals surface area (Å²) >= 11 is 0. The quantitative estimate of drug-likeness (QED) is 0.915. The van der Waals surface area contributed by atoms with Crippen LogP contribution in [0, 0.1) is 18.3 Å². The summed E-state index contributed by atoms with van der Waals surface area (Å²) in [6.07, 6.45) is 0. The van der Waals surface area contributed by atoms with E-state index in [1.165, 1.54) is 0 Å². The largest absolute Gasteiger partial charge is 0.497 e. The first-order valence-electron chi connectivity index (χ1n) is 5.63. The number of furan rings is 1. The average molecular weight is 258 g/mol. The maximum absolute atomic E-state index is 9.20. The van der Waals surface area contributed by atoms with Crippen LogP contribution < -0.4 is 15.2 Å². The highest BCUT2D eigenvalue weighted by Gasteiger charge is 2.20. The molecule has 98 valence electrons. The normalized spacial score (nSPS) is 10.0. The number of hydrogen-bond donors (Lipinski definition) is 1. The molecule has 0 bridgehead atoms. The Morgan fingerprint density at radius 1 is 1.26 bits per heavy atom. The Balaban J connectivity index is 2.74. The molecule has 5 heteroatoms. The number of anilines is 1. The zero-order valence-corrected chi connectivity index (χ0v) is 11.0.